The van der Waals surface area contributed by atoms with Crippen molar-refractivity contribution in [1.82, 2.24) is 0 Å². The lowest BCUT2D eigenvalue weighted by atomic mass is 10.1. The molecule has 0 radical (unpaired) electrons. The fourth-order valence-electron chi connectivity index (χ4n) is 3.23. The molecule has 2 amide bonds. The third-order valence-corrected chi connectivity index (χ3v) is 6.14. The monoisotopic (exact) mass is 528 g/mol. The van der Waals surface area contributed by atoms with Gasteiger partial charge in [0.2, 0.25) is 0 Å². The molecule has 0 saturated heterocycles. The molecule has 10 heteroatoms. The minimum Gasteiger partial charge on any atom is -0.423 e. The van der Waals surface area contributed by atoms with Gasteiger partial charge in [-0.05, 0) is 73.7 Å². The summed E-state index contributed by atoms with van der Waals surface area (Å²) in [5.74, 6) is -1.80. The Morgan fingerprint density at radius 3 is 2.03 bits per heavy atom. The fourth-order valence-corrected chi connectivity index (χ4v) is 3.73. The van der Waals surface area contributed by atoms with E-state index >= 15 is 0 Å². The Morgan fingerprint density at radius 1 is 0.800 bits per heavy atom. The average molecular weight is 530 g/mol. The number of carbonyl (C=O) groups excluding carboxylic acids is 4. The first-order valence-corrected chi connectivity index (χ1v) is 11.2. The molecule has 0 spiro atoms. The molecule has 0 saturated carbocycles. The van der Waals surface area contributed by atoms with Gasteiger partial charge in [-0.25, -0.2) is 9.69 Å². The molecule has 7 nitrogen and oxygen atoms in total. The lowest BCUT2D eigenvalue weighted by Gasteiger charge is -2.15. The van der Waals surface area contributed by atoms with Crippen LogP contribution in [0.2, 0.25) is 10.0 Å². The highest BCUT2D eigenvalue weighted by atomic mass is 35.5. The zero-order chi connectivity index (χ0) is 25.3. The van der Waals surface area contributed by atoms with Gasteiger partial charge in [-0.3, -0.25) is 14.4 Å². The first kappa shape index (κ1) is 24.5. The van der Waals surface area contributed by atoms with E-state index < -0.39 is 17.8 Å². The smallest absolute Gasteiger partial charge is 0.343 e. The van der Waals surface area contributed by atoms with E-state index in [9.17, 15) is 19.2 Å². The van der Waals surface area contributed by atoms with Crippen molar-refractivity contribution in [3.8, 4) is 5.75 Å². The normalized spacial score (nSPS) is 13.3. The van der Waals surface area contributed by atoms with Gasteiger partial charge in [0.05, 0.1) is 21.3 Å². The molecule has 1 aliphatic rings. The zero-order valence-electron chi connectivity index (χ0n) is 18.0. The number of halogens is 3. The van der Waals surface area contributed by atoms with Crippen molar-refractivity contribution >= 4 is 69.7 Å². The Balaban J connectivity index is 1.46. The molecule has 1 aliphatic heterocycles. The van der Waals surface area contributed by atoms with Crippen LogP contribution in [0.25, 0.3) is 0 Å². The molecule has 0 bridgehead atoms. The maximum absolute atomic E-state index is 12.9. The summed E-state index contributed by atoms with van der Waals surface area (Å²) in [5, 5.41) is 2.99. The van der Waals surface area contributed by atoms with Crippen LogP contribution in [0, 0.1) is 0 Å². The number of anilines is 2. The Hall–Kier alpha value is -3.65. The van der Waals surface area contributed by atoms with E-state index in [0.29, 0.717) is 11.3 Å². The van der Waals surface area contributed by atoms with Crippen LogP contribution in [0.4, 0.5) is 11.4 Å². The van der Waals surface area contributed by atoms with E-state index in [2.05, 4.69) is 5.32 Å². The van der Waals surface area contributed by atoms with Crippen LogP contribution in [0.1, 0.15) is 27.6 Å². The summed E-state index contributed by atoms with van der Waals surface area (Å²) in [6.07, 6.45) is 0. The van der Waals surface area contributed by atoms with Crippen molar-refractivity contribution in [1.29, 1.82) is 0 Å². The number of esters is 1. The molecule has 0 aliphatic carbocycles. The minimum atomic E-state index is -0.714. The number of rotatable bonds is 6. The van der Waals surface area contributed by atoms with Crippen molar-refractivity contribution in [2.45, 2.75) is 6.92 Å². The van der Waals surface area contributed by atoms with Gasteiger partial charge in [-0.2, -0.15) is 0 Å². The zero-order valence-corrected chi connectivity index (χ0v) is 20.2. The minimum absolute atomic E-state index is 0.0938. The number of Topliss-reactive ketones (excluding diaryl/α,β-unsaturated/α-hetero) is 1. The van der Waals surface area contributed by atoms with Crippen LogP contribution in [0.15, 0.2) is 77.5 Å². The second-order valence-electron chi connectivity index (χ2n) is 7.41. The maximum atomic E-state index is 12.9. The summed E-state index contributed by atoms with van der Waals surface area (Å²) in [6.45, 7) is 1.44. The van der Waals surface area contributed by atoms with Gasteiger partial charge >= 0.3 is 5.97 Å². The van der Waals surface area contributed by atoms with Gasteiger partial charge in [0.25, 0.3) is 11.8 Å². The molecule has 3 aromatic carbocycles. The predicted molar refractivity (Wildman–Crippen MR) is 133 cm³/mol. The van der Waals surface area contributed by atoms with Crippen molar-refractivity contribution in [2.24, 2.45) is 0 Å². The van der Waals surface area contributed by atoms with E-state index in [0.717, 1.165) is 4.90 Å². The van der Waals surface area contributed by atoms with Crippen molar-refractivity contribution in [3.63, 3.8) is 0 Å². The lowest BCUT2D eigenvalue weighted by Crippen LogP contribution is -2.32. The van der Waals surface area contributed by atoms with Gasteiger partial charge in [0.1, 0.15) is 16.5 Å². The van der Waals surface area contributed by atoms with Crippen molar-refractivity contribution in [2.75, 3.05) is 10.2 Å². The summed E-state index contributed by atoms with van der Waals surface area (Å²) >= 11 is 18.1. The highest BCUT2D eigenvalue weighted by Gasteiger charge is 2.39. The molecular weight excluding hydrogens is 515 g/mol. The van der Waals surface area contributed by atoms with Crippen LogP contribution < -0.4 is 15.0 Å². The quantitative estimate of drug-likeness (QED) is 0.186. The molecule has 0 unspecified atom stereocenters. The van der Waals surface area contributed by atoms with E-state index in [1.807, 2.05) is 0 Å². The average Bonchev–Trinajstić information content (AvgIpc) is 3.04. The van der Waals surface area contributed by atoms with Gasteiger partial charge in [0, 0.05) is 11.3 Å². The summed E-state index contributed by atoms with van der Waals surface area (Å²) < 4.78 is 5.31. The van der Waals surface area contributed by atoms with Crippen LogP contribution in [0.3, 0.4) is 0 Å². The SMILES string of the molecule is CC(=O)c1ccc(OC(=O)c2ccc(NC3=C(Cl)C(=O)N(c4ccc(Cl)c(Cl)c4)C3=O)cc2)cc1. The summed E-state index contributed by atoms with van der Waals surface area (Å²) in [5.41, 5.74) is 1.27. The highest BCUT2D eigenvalue weighted by Crippen LogP contribution is 2.33. The molecule has 1 N–H and O–H groups in total. The van der Waals surface area contributed by atoms with Crippen molar-refractivity contribution in [3.05, 3.63) is 98.6 Å². The summed E-state index contributed by atoms with van der Waals surface area (Å²) in [6, 6.07) is 16.6. The fraction of sp³-hybridized carbons (Fsp3) is 0.0400. The van der Waals surface area contributed by atoms with E-state index in [4.69, 9.17) is 39.5 Å². The number of imide groups is 1. The summed E-state index contributed by atoms with van der Waals surface area (Å²) in [4.78, 5) is 50.2. The lowest BCUT2D eigenvalue weighted by molar-refractivity contribution is -0.120. The topological polar surface area (TPSA) is 92.8 Å². The Labute approximate surface area is 214 Å². The number of ketones is 1. The largest absolute Gasteiger partial charge is 0.423 e. The van der Waals surface area contributed by atoms with Crippen molar-refractivity contribution < 1.29 is 23.9 Å². The molecule has 35 heavy (non-hydrogen) atoms. The van der Waals surface area contributed by atoms with Crippen LogP contribution in [-0.2, 0) is 9.59 Å². The number of hydrogen-bond acceptors (Lipinski definition) is 6. The first-order chi connectivity index (χ1) is 16.7. The highest BCUT2D eigenvalue weighted by molar-refractivity contribution is 6.53. The van der Waals surface area contributed by atoms with Gasteiger partial charge in [-0.1, -0.05) is 34.8 Å². The number of nitrogens with zero attached hydrogens (tertiary/aromatic N) is 1. The maximum Gasteiger partial charge on any atom is 0.343 e. The molecule has 176 valence electrons. The Bertz CT molecular complexity index is 1400. The third-order valence-electron chi connectivity index (χ3n) is 5.05. The molecule has 4 rings (SSSR count). The molecule has 0 aromatic heterocycles. The van der Waals surface area contributed by atoms with Crippen LogP contribution >= 0.6 is 34.8 Å². The molecule has 0 atom stereocenters. The van der Waals surface area contributed by atoms with Gasteiger partial charge in [-0.15, -0.1) is 0 Å². The molecule has 0 fully saturated rings. The second kappa shape index (κ2) is 9.92. The van der Waals surface area contributed by atoms with E-state index in [1.54, 1.807) is 12.1 Å². The number of ether oxygens (including phenoxy) is 1. The van der Waals surface area contributed by atoms with Crippen LogP contribution in [0.5, 0.6) is 5.75 Å². The molecule has 1 heterocycles. The summed E-state index contributed by atoms with van der Waals surface area (Å²) in [7, 11) is 0. The number of amides is 2. The van der Waals surface area contributed by atoms with E-state index in [-0.39, 0.29) is 43.6 Å². The molecule has 3 aromatic rings. The van der Waals surface area contributed by atoms with E-state index in [1.165, 1.54) is 61.5 Å². The third kappa shape index (κ3) is 5.07. The first-order valence-electron chi connectivity index (χ1n) is 10.1. The Morgan fingerprint density at radius 2 is 1.43 bits per heavy atom. The second-order valence-corrected chi connectivity index (χ2v) is 8.60. The number of hydrogen-bond donors (Lipinski definition) is 1. The number of benzene rings is 3. The standard InChI is InChI=1S/C25H15Cl3N2O5/c1-13(31)14-4-9-18(10-5-14)35-25(34)15-2-6-16(7-3-15)29-22-21(28)23(32)30(24(22)33)17-8-11-19(26)20(27)12-17/h2-12,29H,1H3. The molecular formula is C25H15Cl3N2O5. The van der Waals surface area contributed by atoms with Crippen LogP contribution in [-0.4, -0.2) is 23.6 Å². The van der Waals surface area contributed by atoms with Gasteiger partial charge in [0.15, 0.2) is 5.78 Å². The number of carbonyl (C=O) groups is 4. The predicted octanol–water partition coefficient (Wildman–Crippen LogP) is 5.85. The number of nitrogens with one attached hydrogen (secondary N) is 1. The van der Waals surface area contributed by atoms with Gasteiger partial charge < -0.3 is 10.1 Å². The Kier molecular flexibility index (Phi) is 6.93.